The van der Waals surface area contributed by atoms with Crippen molar-refractivity contribution in [2.45, 2.75) is 63.8 Å². The smallest absolute Gasteiger partial charge is 0.242 e. The van der Waals surface area contributed by atoms with Crippen molar-refractivity contribution in [2.24, 2.45) is 0 Å². The predicted molar refractivity (Wildman–Crippen MR) is 97.1 cm³/mol. The third kappa shape index (κ3) is 4.29. The molecule has 0 heterocycles. The second-order valence-corrected chi connectivity index (χ2v) is 7.08. The number of nitrogens with one attached hydrogen (secondary N) is 2. The molecule has 5 heteroatoms. The van der Waals surface area contributed by atoms with Gasteiger partial charge >= 0.3 is 0 Å². The highest BCUT2D eigenvalue weighted by Gasteiger charge is 2.42. The largest absolute Gasteiger partial charge is 0.354 e. The Balaban J connectivity index is 2.18. The molecule has 0 bridgehead atoms. The lowest BCUT2D eigenvalue weighted by Crippen LogP contribution is -2.52. The van der Waals surface area contributed by atoms with Gasteiger partial charge in [0.1, 0.15) is 6.04 Å². The maximum Gasteiger partial charge on any atom is 0.242 e. The van der Waals surface area contributed by atoms with E-state index >= 15 is 0 Å². The Hall–Kier alpha value is -1.55. The quantitative estimate of drug-likeness (QED) is 0.824. The van der Waals surface area contributed by atoms with Gasteiger partial charge in [0.2, 0.25) is 11.8 Å². The molecule has 4 nitrogen and oxygen atoms in total. The molecule has 2 N–H and O–H groups in total. The summed E-state index contributed by atoms with van der Waals surface area (Å²) in [6, 6.07) is 7.02. The molecule has 1 fully saturated rings. The highest BCUT2D eigenvalue weighted by Crippen LogP contribution is 2.40. The summed E-state index contributed by atoms with van der Waals surface area (Å²) in [5, 5.41) is 6.39. The SMILES string of the molecule is CCCNC(=O)C(C)NC(=O)C1(c2cccc(Cl)c2)CCCCC1. The molecule has 1 saturated carbocycles. The van der Waals surface area contributed by atoms with E-state index in [4.69, 9.17) is 11.6 Å². The molecule has 0 aliphatic heterocycles. The lowest BCUT2D eigenvalue weighted by Gasteiger charge is -2.37. The van der Waals surface area contributed by atoms with Crippen molar-refractivity contribution in [3.05, 3.63) is 34.9 Å². The number of benzene rings is 1. The van der Waals surface area contributed by atoms with Crippen molar-refractivity contribution in [3.8, 4) is 0 Å². The van der Waals surface area contributed by atoms with Crippen molar-refractivity contribution in [3.63, 3.8) is 0 Å². The van der Waals surface area contributed by atoms with E-state index in [1.54, 1.807) is 6.92 Å². The van der Waals surface area contributed by atoms with E-state index in [0.717, 1.165) is 44.1 Å². The first-order chi connectivity index (χ1) is 11.5. The average molecular weight is 351 g/mol. The Morgan fingerprint density at radius 2 is 1.96 bits per heavy atom. The van der Waals surface area contributed by atoms with Crippen LogP contribution in [0.15, 0.2) is 24.3 Å². The normalized spacial score (nSPS) is 17.8. The molecular weight excluding hydrogens is 324 g/mol. The van der Waals surface area contributed by atoms with Crippen LogP contribution in [0.4, 0.5) is 0 Å². The second kappa shape index (κ2) is 8.52. The lowest BCUT2D eigenvalue weighted by atomic mass is 9.68. The van der Waals surface area contributed by atoms with Gasteiger partial charge in [0, 0.05) is 11.6 Å². The number of rotatable bonds is 6. The molecule has 1 unspecified atom stereocenters. The van der Waals surface area contributed by atoms with Gasteiger partial charge in [0.25, 0.3) is 0 Å². The summed E-state index contributed by atoms with van der Waals surface area (Å²) in [4.78, 5) is 25.2. The second-order valence-electron chi connectivity index (χ2n) is 6.64. The van der Waals surface area contributed by atoms with E-state index in [0.29, 0.717) is 11.6 Å². The number of amides is 2. The highest BCUT2D eigenvalue weighted by molar-refractivity contribution is 6.30. The molecule has 0 radical (unpaired) electrons. The van der Waals surface area contributed by atoms with Gasteiger partial charge in [0.05, 0.1) is 5.41 Å². The Bertz CT molecular complexity index is 582. The minimum Gasteiger partial charge on any atom is -0.354 e. The first kappa shape index (κ1) is 18.8. The van der Waals surface area contributed by atoms with Crippen LogP contribution >= 0.6 is 11.6 Å². The molecule has 24 heavy (non-hydrogen) atoms. The van der Waals surface area contributed by atoms with Crippen LogP contribution in [0.2, 0.25) is 5.02 Å². The number of carbonyl (C=O) groups excluding carboxylic acids is 2. The molecule has 0 spiro atoms. The predicted octanol–water partition coefficient (Wildman–Crippen LogP) is 3.57. The monoisotopic (exact) mass is 350 g/mol. The standard InChI is InChI=1S/C19H27ClN2O2/c1-3-12-21-17(23)14(2)22-18(24)19(10-5-4-6-11-19)15-8-7-9-16(20)13-15/h7-9,13-14H,3-6,10-12H2,1-2H3,(H,21,23)(H,22,24). The van der Waals surface area contributed by atoms with Gasteiger partial charge in [-0.05, 0) is 43.9 Å². The maximum absolute atomic E-state index is 13.1. The van der Waals surface area contributed by atoms with Crippen LogP contribution in [-0.4, -0.2) is 24.4 Å². The van der Waals surface area contributed by atoms with E-state index in [-0.39, 0.29) is 11.8 Å². The number of hydrogen-bond donors (Lipinski definition) is 2. The molecule has 1 aliphatic carbocycles. The van der Waals surface area contributed by atoms with Crippen molar-refractivity contribution in [1.29, 1.82) is 0 Å². The molecule has 0 aromatic heterocycles. The van der Waals surface area contributed by atoms with Crippen LogP contribution in [0.25, 0.3) is 0 Å². The number of carbonyl (C=O) groups is 2. The first-order valence-electron chi connectivity index (χ1n) is 8.84. The first-order valence-corrected chi connectivity index (χ1v) is 9.22. The van der Waals surface area contributed by atoms with Crippen LogP contribution < -0.4 is 10.6 Å². The summed E-state index contributed by atoms with van der Waals surface area (Å²) in [5.41, 5.74) is 0.371. The lowest BCUT2D eigenvalue weighted by molar-refractivity contribution is -0.132. The zero-order valence-electron chi connectivity index (χ0n) is 14.5. The molecule has 1 atom stereocenters. The van der Waals surface area contributed by atoms with Crippen LogP contribution in [0.1, 0.15) is 57.9 Å². The molecule has 1 aromatic rings. The molecule has 1 aliphatic rings. The van der Waals surface area contributed by atoms with Gasteiger partial charge in [0.15, 0.2) is 0 Å². The van der Waals surface area contributed by atoms with Gasteiger partial charge in [-0.15, -0.1) is 0 Å². The summed E-state index contributed by atoms with van der Waals surface area (Å²) in [6.45, 7) is 4.36. The summed E-state index contributed by atoms with van der Waals surface area (Å²) >= 11 is 6.15. The average Bonchev–Trinajstić information content (AvgIpc) is 2.60. The molecular formula is C19H27ClN2O2. The summed E-state index contributed by atoms with van der Waals surface area (Å²) in [7, 11) is 0. The molecule has 2 rings (SSSR count). The maximum atomic E-state index is 13.1. The molecule has 1 aromatic carbocycles. The van der Waals surface area contributed by atoms with Gasteiger partial charge in [-0.3, -0.25) is 9.59 Å². The van der Waals surface area contributed by atoms with Crippen LogP contribution in [0, 0.1) is 0 Å². The van der Waals surface area contributed by atoms with E-state index in [9.17, 15) is 9.59 Å². The van der Waals surface area contributed by atoms with E-state index < -0.39 is 11.5 Å². The minimum absolute atomic E-state index is 0.0661. The summed E-state index contributed by atoms with van der Waals surface area (Å²) in [6.07, 6.45) is 5.62. The fourth-order valence-corrected chi connectivity index (χ4v) is 3.58. The van der Waals surface area contributed by atoms with Gasteiger partial charge < -0.3 is 10.6 Å². The van der Waals surface area contributed by atoms with Crippen LogP contribution in [-0.2, 0) is 15.0 Å². The van der Waals surface area contributed by atoms with E-state index in [1.807, 2.05) is 31.2 Å². The van der Waals surface area contributed by atoms with Crippen LogP contribution in [0.3, 0.4) is 0 Å². The van der Waals surface area contributed by atoms with Crippen molar-refractivity contribution in [2.75, 3.05) is 6.54 Å². The van der Waals surface area contributed by atoms with Gasteiger partial charge in [-0.2, -0.15) is 0 Å². The fraction of sp³-hybridized carbons (Fsp3) is 0.579. The van der Waals surface area contributed by atoms with Crippen molar-refractivity contribution in [1.82, 2.24) is 10.6 Å². The third-order valence-electron chi connectivity index (χ3n) is 4.81. The Kier molecular flexibility index (Phi) is 6.67. The molecule has 0 saturated heterocycles. The van der Waals surface area contributed by atoms with Gasteiger partial charge in [-0.1, -0.05) is 49.9 Å². The van der Waals surface area contributed by atoms with Crippen molar-refractivity contribution < 1.29 is 9.59 Å². The van der Waals surface area contributed by atoms with Crippen LogP contribution in [0.5, 0.6) is 0 Å². The summed E-state index contributed by atoms with van der Waals surface area (Å²) in [5.74, 6) is -0.203. The third-order valence-corrected chi connectivity index (χ3v) is 5.04. The Labute approximate surface area is 149 Å². The van der Waals surface area contributed by atoms with E-state index in [1.165, 1.54) is 0 Å². The minimum atomic E-state index is -0.581. The highest BCUT2D eigenvalue weighted by atomic mass is 35.5. The fourth-order valence-electron chi connectivity index (χ4n) is 3.39. The van der Waals surface area contributed by atoms with Gasteiger partial charge in [-0.25, -0.2) is 0 Å². The Morgan fingerprint density at radius 1 is 1.25 bits per heavy atom. The zero-order chi connectivity index (χ0) is 17.6. The number of hydrogen-bond acceptors (Lipinski definition) is 2. The molecule has 2 amide bonds. The summed E-state index contributed by atoms with van der Waals surface area (Å²) < 4.78 is 0. The zero-order valence-corrected chi connectivity index (χ0v) is 15.3. The molecule has 132 valence electrons. The van der Waals surface area contributed by atoms with Crippen molar-refractivity contribution >= 4 is 23.4 Å². The Morgan fingerprint density at radius 3 is 2.58 bits per heavy atom. The van der Waals surface area contributed by atoms with E-state index in [2.05, 4.69) is 10.6 Å². The number of halogens is 1. The topological polar surface area (TPSA) is 58.2 Å².